The van der Waals surface area contributed by atoms with Crippen LogP contribution in [0.5, 0.6) is 11.5 Å². The third-order valence-corrected chi connectivity index (χ3v) is 4.53. The van der Waals surface area contributed by atoms with Gasteiger partial charge in [-0.2, -0.15) is 0 Å². The van der Waals surface area contributed by atoms with Gasteiger partial charge in [0.15, 0.2) is 0 Å². The maximum absolute atomic E-state index is 11.6. The summed E-state index contributed by atoms with van der Waals surface area (Å²) in [4.78, 5) is 11.2. The Bertz CT molecular complexity index is 856. The number of para-hydroxylation sites is 1. The molecule has 3 rings (SSSR count). The molecule has 0 aromatic heterocycles. The van der Waals surface area contributed by atoms with E-state index in [0.29, 0.717) is 5.56 Å². The van der Waals surface area contributed by atoms with Gasteiger partial charge in [0, 0.05) is 17.0 Å². The van der Waals surface area contributed by atoms with Crippen LogP contribution in [0.1, 0.15) is 23.6 Å². The summed E-state index contributed by atoms with van der Waals surface area (Å²) in [5.74, 6) is 0.249. The second-order valence-electron chi connectivity index (χ2n) is 5.99. The minimum Gasteiger partial charge on any atom is -0.508 e. The van der Waals surface area contributed by atoms with Crippen molar-refractivity contribution in [2.45, 2.75) is 12.3 Å². The molecule has 0 saturated heterocycles. The summed E-state index contributed by atoms with van der Waals surface area (Å²) in [6, 6.07) is 19.8. The second kappa shape index (κ2) is 6.28. The summed E-state index contributed by atoms with van der Waals surface area (Å²) in [7, 11) is 0. The van der Waals surface area contributed by atoms with Crippen molar-refractivity contribution in [3.63, 3.8) is 0 Å². The van der Waals surface area contributed by atoms with Gasteiger partial charge in [0.05, 0.1) is 4.92 Å². The summed E-state index contributed by atoms with van der Waals surface area (Å²) in [6.45, 7) is 1.90. The SMILES string of the molecule is CC(c1ccc(O)cc1)(c1ccc(O)cc1)c1ccccc1[N+](=O)[O-]. The first kappa shape index (κ1) is 16.5. The third kappa shape index (κ3) is 2.92. The maximum Gasteiger partial charge on any atom is 0.273 e. The number of nitro groups is 1. The Balaban J connectivity index is 2.32. The van der Waals surface area contributed by atoms with E-state index in [0.717, 1.165) is 11.1 Å². The van der Waals surface area contributed by atoms with Crippen LogP contribution in [0.3, 0.4) is 0 Å². The van der Waals surface area contributed by atoms with Crippen molar-refractivity contribution in [2.75, 3.05) is 0 Å². The van der Waals surface area contributed by atoms with Gasteiger partial charge in [0.1, 0.15) is 11.5 Å². The Labute approximate surface area is 145 Å². The fourth-order valence-corrected chi connectivity index (χ4v) is 3.12. The minimum absolute atomic E-state index is 0.0196. The molecule has 0 amide bonds. The number of aromatic hydroxyl groups is 2. The molecule has 0 aliphatic rings. The minimum atomic E-state index is -0.828. The molecule has 0 unspecified atom stereocenters. The van der Waals surface area contributed by atoms with Crippen molar-refractivity contribution in [2.24, 2.45) is 0 Å². The summed E-state index contributed by atoms with van der Waals surface area (Å²) >= 11 is 0. The van der Waals surface area contributed by atoms with Crippen molar-refractivity contribution in [1.82, 2.24) is 0 Å². The molecule has 0 aliphatic heterocycles. The smallest absolute Gasteiger partial charge is 0.273 e. The molecule has 0 heterocycles. The highest BCUT2D eigenvalue weighted by molar-refractivity contribution is 5.57. The van der Waals surface area contributed by atoms with Crippen molar-refractivity contribution in [3.05, 3.63) is 99.6 Å². The number of phenols is 2. The number of nitro benzene ring substituents is 1. The summed E-state index contributed by atoms with van der Waals surface area (Å²) < 4.78 is 0. The molecule has 5 heteroatoms. The van der Waals surface area contributed by atoms with Gasteiger partial charge in [-0.1, -0.05) is 42.5 Å². The predicted molar refractivity (Wildman–Crippen MR) is 94.9 cm³/mol. The first-order valence-corrected chi connectivity index (χ1v) is 7.76. The van der Waals surface area contributed by atoms with Crippen LogP contribution in [0, 0.1) is 10.1 Å². The zero-order valence-corrected chi connectivity index (χ0v) is 13.6. The Morgan fingerprint density at radius 2 is 1.24 bits per heavy atom. The van der Waals surface area contributed by atoms with E-state index in [1.54, 1.807) is 66.7 Å². The van der Waals surface area contributed by atoms with Gasteiger partial charge >= 0.3 is 0 Å². The molecule has 0 saturated carbocycles. The molecule has 0 aliphatic carbocycles. The van der Waals surface area contributed by atoms with Crippen molar-refractivity contribution >= 4 is 5.69 Å². The number of hydrogen-bond acceptors (Lipinski definition) is 4. The molecule has 0 spiro atoms. The Kier molecular flexibility index (Phi) is 4.15. The Morgan fingerprint density at radius 3 is 1.68 bits per heavy atom. The molecular formula is C20H17NO4. The van der Waals surface area contributed by atoms with Gasteiger partial charge in [-0.25, -0.2) is 0 Å². The molecule has 3 aromatic rings. The van der Waals surface area contributed by atoms with E-state index in [4.69, 9.17) is 0 Å². The van der Waals surface area contributed by atoms with Crippen LogP contribution >= 0.6 is 0 Å². The molecule has 0 fully saturated rings. The average Bonchev–Trinajstić information content (AvgIpc) is 2.62. The van der Waals surface area contributed by atoms with Gasteiger partial charge in [-0.05, 0) is 42.3 Å². The summed E-state index contributed by atoms with van der Waals surface area (Å²) in [6.07, 6.45) is 0. The lowest BCUT2D eigenvalue weighted by Gasteiger charge is -2.31. The molecule has 3 aromatic carbocycles. The molecule has 5 nitrogen and oxygen atoms in total. The monoisotopic (exact) mass is 335 g/mol. The van der Waals surface area contributed by atoms with E-state index < -0.39 is 10.3 Å². The van der Waals surface area contributed by atoms with E-state index in [2.05, 4.69) is 0 Å². The lowest BCUT2D eigenvalue weighted by atomic mass is 9.70. The Morgan fingerprint density at radius 1 is 0.800 bits per heavy atom. The second-order valence-corrected chi connectivity index (χ2v) is 5.99. The van der Waals surface area contributed by atoms with Crippen LogP contribution in [-0.4, -0.2) is 15.1 Å². The fourth-order valence-electron chi connectivity index (χ4n) is 3.12. The summed E-state index contributed by atoms with van der Waals surface area (Å²) in [5, 5.41) is 30.8. The lowest BCUT2D eigenvalue weighted by Crippen LogP contribution is -2.26. The lowest BCUT2D eigenvalue weighted by molar-refractivity contribution is -0.385. The molecule has 0 bridgehead atoms. The molecular weight excluding hydrogens is 318 g/mol. The predicted octanol–water partition coefficient (Wildman–Crippen LogP) is 4.36. The first-order valence-electron chi connectivity index (χ1n) is 7.76. The summed E-state index contributed by atoms with van der Waals surface area (Å²) in [5.41, 5.74) is 1.32. The highest BCUT2D eigenvalue weighted by Crippen LogP contribution is 2.43. The maximum atomic E-state index is 11.6. The average molecular weight is 335 g/mol. The van der Waals surface area contributed by atoms with Gasteiger partial charge in [-0.3, -0.25) is 10.1 Å². The largest absolute Gasteiger partial charge is 0.508 e. The highest BCUT2D eigenvalue weighted by atomic mass is 16.6. The number of hydrogen-bond donors (Lipinski definition) is 2. The zero-order valence-electron chi connectivity index (χ0n) is 13.6. The van der Waals surface area contributed by atoms with Crippen LogP contribution < -0.4 is 0 Å². The zero-order chi connectivity index (χ0) is 18.0. The van der Waals surface area contributed by atoms with E-state index in [1.165, 1.54) is 6.07 Å². The molecule has 2 N–H and O–H groups in total. The van der Waals surface area contributed by atoms with Crippen molar-refractivity contribution in [3.8, 4) is 11.5 Å². The van der Waals surface area contributed by atoms with Crippen molar-refractivity contribution < 1.29 is 15.1 Å². The normalized spacial score (nSPS) is 11.2. The van der Waals surface area contributed by atoms with Crippen LogP contribution in [0.15, 0.2) is 72.8 Å². The van der Waals surface area contributed by atoms with Gasteiger partial charge < -0.3 is 10.2 Å². The number of benzene rings is 3. The highest BCUT2D eigenvalue weighted by Gasteiger charge is 2.36. The standard InChI is InChI=1S/C20H17NO4/c1-20(14-6-10-16(22)11-7-14,15-8-12-17(23)13-9-15)18-4-2-3-5-19(18)21(24)25/h2-13,22-23H,1H3. The van der Waals surface area contributed by atoms with E-state index >= 15 is 0 Å². The number of nitrogens with zero attached hydrogens (tertiary/aromatic N) is 1. The van der Waals surface area contributed by atoms with Crippen LogP contribution in [0.4, 0.5) is 5.69 Å². The first-order chi connectivity index (χ1) is 11.9. The quantitative estimate of drug-likeness (QED) is 0.421. The van der Waals surface area contributed by atoms with Gasteiger partial charge in [-0.15, -0.1) is 0 Å². The number of phenolic OH excluding ortho intramolecular Hbond substituents is 2. The molecule has 0 atom stereocenters. The van der Waals surface area contributed by atoms with E-state index in [1.807, 2.05) is 6.92 Å². The van der Waals surface area contributed by atoms with Crippen LogP contribution in [-0.2, 0) is 5.41 Å². The Hall–Kier alpha value is -3.34. The number of rotatable bonds is 4. The fraction of sp³-hybridized carbons (Fsp3) is 0.100. The molecule has 25 heavy (non-hydrogen) atoms. The van der Waals surface area contributed by atoms with Gasteiger partial charge in [0.25, 0.3) is 5.69 Å². The molecule has 126 valence electrons. The van der Waals surface area contributed by atoms with E-state index in [9.17, 15) is 20.3 Å². The van der Waals surface area contributed by atoms with Crippen molar-refractivity contribution in [1.29, 1.82) is 0 Å². The molecule has 0 radical (unpaired) electrons. The third-order valence-electron chi connectivity index (χ3n) is 4.53. The van der Waals surface area contributed by atoms with E-state index in [-0.39, 0.29) is 17.2 Å². The van der Waals surface area contributed by atoms with Crippen LogP contribution in [0.2, 0.25) is 0 Å². The van der Waals surface area contributed by atoms with Crippen LogP contribution in [0.25, 0.3) is 0 Å². The van der Waals surface area contributed by atoms with Gasteiger partial charge in [0.2, 0.25) is 0 Å². The topological polar surface area (TPSA) is 83.6 Å².